The molecular weight excluding hydrogens is 228 g/mol. The predicted octanol–water partition coefficient (Wildman–Crippen LogP) is 2.24. The topological polar surface area (TPSA) is 67.5 Å². The maximum atomic E-state index is 9.24. The lowest BCUT2D eigenvalue weighted by Crippen LogP contribution is -2.33. The average molecular weight is 250 g/mol. The van der Waals surface area contributed by atoms with Gasteiger partial charge in [-0.15, -0.1) is 0 Å². The van der Waals surface area contributed by atoms with Crippen molar-refractivity contribution in [1.82, 2.24) is 0 Å². The molecule has 0 saturated heterocycles. The Bertz CT molecular complexity index is 401. The van der Waals surface area contributed by atoms with Crippen LogP contribution in [0.15, 0.2) is 18.2 Å². The molecule has 1 aromatic carbocycles. The van der Waals surface area contributed by atoms with E-state index >= 15 is 0 Å². The first-order valence-corrected chi connectivity index (χ1v) is 6.52. The number of rotatable bonds is 5. The van der Waals surface area contributed by atoms with E-state index in [0.29, 0.717) is 11.6 Å². The van der Waals surface area contributed by atoms with E-state index in [1.807, 2.05) is 32.0 Å². The Kier molecular flexibility index (Phi) is 3.97. The van der Waals surface area contributed by atoms with Crippen molar-refractivity contribution in [3.63, 3.8) is 0 Å². The maximum Gasteiger partial charge on any atom is 0.123 e. The van der Waals surface area contributed by atoms with Crippen molar-refractivity contribution >= 4 is 11.4 Å². The molecule has 0 amide bonds. The average Bonchev–Trinajstić information content (AvgIpc) is 2.21. The monoisotopic (exact) mass is 250 g/mol. The van der Waals surface area contributed by atoms with Crippen LogP contribution in [0.25, 0.3) is 0 Å². The first kappa shape index (κ1) is 13.0. The summed E-state index contributed by atoms with van der Waals surface area (Å²) in [6.07, 6.45) is 1.83. The number of hydrogen-bond acceptors (Lipinski definition) is 4. The quantitative estimate of drug-likeness (QED) is 0.701. The lowest BCUT2D eigenvalue weighted by atomic mass is 9.82. The summed E-state index contributed by atoms with van der Waals surface area (Å²) < 4.78 is 5.64. The fourth-order valence-electron chi connectivity index (χ4n) is 2.19. The Hall–Kier alpha value is -1.42. The summed E-state index contributed by atoms with van der Waals surface area (Å²) in [6, 6.07) is 5.70. The number of aliphatic hydroxyl groups is 1. The molecule has 0 heterocycles. The molecule has 0 aromatic heterocycles. The standard InChI is InChI=1S/C14H22N2O2/c1-9(2)18-14-6-11(15)5-12(7-14)16-8-10-3-13(17)4-10/h5-7,9-10,13,16-17H,3-4,8,15H2,1-2H3. The minimum atomic E-state index is -0.0996. The fraction of sp³-hybridized carbons (Fsp3) is 0.571. The molecule has 1 saturated carbocycles. The molecule has 1 aromatic rings. The van der Waals surface area contributed by atoms with Crippen molar-refractivity contribution in [2.75, 3.05) is 17.6 Å². The summed E-state index contributed by atoms with van der Waals surface area (Å²) in [5, 5.41) is 12.6. The normalized spacial score (nSPS) is 22.7. The predicted molar refractivity (Wildman–Crippen MR) is 73.8 cm³/mol. The van der Waals surface area contributed by atoms with Gasteiger partial charge in [0.05, 0.1) is 12.2 Å². The summed E-state index contributed by atoms with van der Waals surface area (Å²) in [5.74, 6) is 1.36. The van der Waals surface area contributed by atoms with Crippen LogP contribution in [0.1, 0.15) is 26.7 Å². The molecule has 0 bridgehead atoms. The molecule has 4 N–H and O–H groups in total. The van der Waals surface area contributed by atoms with Gasteiger partial charge in [-0.3, -0.25) is 0 Å². The third-order valence-corrected chi connectivity index (χ3v) is 3.11. The largest absolute Gasteiger partial charge is 0.491 e. The molecule has 18 heavy (non-hydrogen) atoms. The molecule has 4 nitrogen and oxygen atoms in total. The number of nitrogens with two attached hydrogens (primary N) is 1. The van der Waals surface area contributed by atoms with Crippen LogP contribution in [0.2, 0.25) is 0 Å². The van der Waals surface area contributed by atoms with Crippen molar-refractivity contribution in [3.8, 4) is 5.75 Å². The molecule has 0 atom stereocenters. The van der Waals surface area contributed by atoms with Crippen molar-refractivity contribution in [3.05, 3.63) is 18.2 Å². The Morgan fingerprint density at radius 3 is 2.72 bits per heavy atom. The second-order valence-electron chi connectivity index (χ2n) is 5.33. The van der Waals surface area contributed by atoms with Gasteiger partial charge >= 0.3 is 0 Å². The van der Waals surface area contributed by atoms with Crippen molar-refractivity contribution in [1.29, 1.82) is 0 Å². The molecule has 0 spiro atoms. The van der Waals surface area contributed by atoms with Crippen LogP contribution >= 0.6 is 0 Å². The Morgan fingerprint density at radius 2 is 2.11 bits per heavy atom. The minimum absolute atomic E-state index is 0.0996. The number of hydrogen-bond donors (Lipinski definition) is 3. The Morgan fingerprint density at radius 1 is 1.39 bits per heavy atom. The summed E-state index contributed by atoms with van der Waals surface area (Å²) in [6.45, 7) is 4.86. The highest BCUT2D eigenvalue weighted by atomic mass is 16.5. The van der Waals surface area contributed by atoms with Gasteiger partial charge in [0.2, 0.25) is 0 Å². The van der Waals surface area contributed by atoms with Gasteiger partial charge in [-0.1, -0.05) is 0 Å². The highest BCUT2D eigenvalue weighted by Gasteiger charge is 2.26. The van der Waals surface area contributed by atoms with E-state index in [-0.39, 0.29) is 12.2 Å². The maximum absolute atomic E-state index is 9.24. The van der Waals surface area contributed by atoms with E-state index in [2.05, 4.69) is 5.32 Å². The first-order chi connectivity index (χ1) is 8.52. The summed E-state index contributed by atoms with van der Waals surface area (Å²) >= 11 is 0. The molecule has 4 heteroatoms. The van der Waals surface area contributed by atoms with Crippen LogP contribution in [0.4, 0.5) is 11.4 Å². The third kappa shape index (κ3) is 3.53. The van der Waals surface area contributed by atoms with Crippen LogP contribution in [-0.4, -0.2) is 23.9 Å². The van der Waals surface area contributed by atoms with Gasteiger partial charge in [-0.2, -0.15) is 0 Å². The summed E-state index contributed by atoms with van der Waals surface area (Å²) in [4.78, 5) is 0. The van der Waals surface area contributed by atoms with E-state index in [1.54, 1.807) is 0 Å². The zero-order chi connectivity index (χ0) is 13.1. The first-order valence-electron chi connectivity index (χ1n) is 6.52. The summed E-state index contributed by atoms with van der Waals surface area (Å²) in [5.41, 5.74) is 7.53. The van der Waals surface area contributed by atoms with E-state index in [9.17, 15) is 5.11 Å². The van der Waals surface area contributed by atoms with Gasteiger partial charge in [-0.25, -0.2) is 0 Å². The smallest absolute Gasteiger partial charge is 0.123 e. The van der Waals surface area contributed by atoms with Gasteiger partial charge in [0, 0.05) is 30.1 Å². The SMILES string of the molecule is CC(C)Oc1cc(N)cc(NCC2CC(O)C2)c1. The Balaban J connectivity index is 1.92. The number of benzene rings is 1. The second-order valence-corrected chi connectivity index (χ2v) is 5.33. The van der Waals surface area contributed by atoms with Gasteiger partial charge < -0.3 is 20.9 Å². The second kappa shape index (κ2) is 5.48. The number of nitrogens with one attached hydrogen (secondary N) is 1. The molecule has 0 unspecified atom stereocenters. The molecule has 1 aliphatic carbocycles. The van der Waals surface area contributed by atoms with E-state index in [1.165, 1.54) is 0 Å². The third-order valence-electron chi connectivity index (χ3n) is 3.11. The van der Waals surface area contributed by atoms with Crippen molar-refractivity contribution in [2.45, 2.75) is 38.9 Å². The summed E-state index contributed by atoms with van der Waals surface area (Å²) in [7, 11) is 0. The van der Waals surface area contributed by atoms with Crippen LogP contribution in [0.5, 0.6) is 5.75 Å². The lowest BCUT2D eigenvalue weighted by molar-refractivity contribution is 0.0487. The fourth-order valence-corrected chi connectivity index (χ4v) is 2.19. The highest BCUT2D eigenvalue weighted by molar-refractivity contribution is 5.59. The number of nitrogen functional groups attached to an aromatic ring is 1. The van der Waals surface area contributed by atoms with E-state index in [4.69, 9.17) is 10.5 Å². The van der Waals surface area contributed by atoms with Crippen LogP contribution in [0, 0.1) is 5.92 Å². The molecule has 1 fully saturated rings. The van der Waals surface area contributed by atoms with Gasteiger partial charge in [-0.05, 0) is 38.7 Å². The van der Waals surface area contributed by atoms with Crippen LogP contribution < -0.4 is 15.8 Å². The zero-order valence-corrected chi connectivity index (χ0v) is 11.0. The van der Waals surface area contributed by atoms with Crippen LogP contribution in [-0.2, 0) is 0 Å². The lowest BCUT2D eigenvalue weighted by Gasteiger charge is -2.31. The molecule has 100 valence electrons. The van der Waals surface area contributed by atoms with Gasteiger partial charge in [0.15, 0.2) is 0 Å². The highest BCUT2D eigenvalue weighted by Crippen LogP contribution is 2.29. The number of anilines is 2. The van der Waals surface area contributed by atoms with Gasteiger partial charge in [0.25, 0.3) is 0 Å². The van der Waals surface area contributed by atoms with E-state index < -0.39 is 0 Å². The van der Waals surface area contributed by atoms with Crippen LogP contribution in [0.3, 0.4) is 0 Å². The minimum Gasteiger partial charge on any atom is -0.491 e. The molecule has 2 rings (SSSR count). The Labute approximate surface area is 108 Å². The molecular formula is C14H22N2O2. The zero-order valence-electron chi connectivity index (χ0n) is 11.0. The molecule has 0 aliphatic heterocycles. The number of ether oxygens (including phenoxy) is 1. The molecule has 1 aliphatic rings. The molecule has 0 radical (unpaired) electrons. The van der Waals surface area contributed by atoms with Gasteiger partial charge in [0.1, 0.15) is 5.75 Å². The number of aliphatic hydroxyl groups excluding tert-OH is 1. The van der Waals surface area contributed by atoms with Crippen molar-refractivity contribution < 1.29 is 9.84 Å². The van der Waals surface area contributed by atoms with Crippen molar-refractivity contribution in [2.24, 2.45) is 5.92 Å². The van der Waals surface area contributed by atoms with E-state index in [0.717, 1.165) is 30.8 Å².